The summed E-state index contributed by atoms with van der Waals surface area (Å²) in [5, 5.41) is 11.4. The lowest BCUT2D eigenvalue weighted by atomic mass is 10.1. The standard InChI is InChI=1S/C16H23NO3/c18-15(19)12-8-3-1-2-4-9-13-17-16(20)14-10-6-5-7-11-14/h5-7,10-11H,1-4,8-9,12-13H2,(H,17,20)(H,18,19). The zero-order chi connectivity index (χ0) is 14.6. The van der Waals surface area contributed by atoms with Crippen molar-refractivity contribution < 1.29 is 14.7 Å². The molecule has 2 N–H and O–H groups in total. The molecule has 0 aromatic heterocycles. The van der Waals surface area contributed by atoms with Crippen molar-refractivity contribution in [1.29, 1.82) is 0 Å². The van der Waals surface area contributed by atoms with Gasteiger partial charge in [0.15, 0.2) is 0 Å². The molecule has 0 radical (unpaired) electrons. The molecule has 0 bridgehead atoms. The molecule has 0 saturated carbocycles. The Hall–Kier alpha value is -1.84. The second kappa shape index (κ2) is 10.0. The van der Waals surface area contributed by atoms with Crippen LogP contribution >= 0.6 is 0 Å². The Morgan fingerprint density at radius 1 is 0.900 bits per heavy atom. The third kappa shape index (κ3) is 7.56. The molecule has 4 heteroatoms. The third-order valence-corrected chi connectivity index (χ3v) is 3.14. The predicted molar refractivity (Wildman–Crippen MR) is 78.7 cm³/mol. The van der Waals surface area contributed by atoms with E-state index < -0.39 is 5.97 Å². The molecule has 1 amide bonds. The number of carbonyl (C=O) groups is 2. The first-order chi connectivity index (χ1) is 9.70. The van der Waals surface area contributed by atoms with Gasteiger partial charge in [0, 0.05) is 18.5 Å². The minimum Gasteiger partial charge on any atom is -0.481 e. The number of unbranched alkanes of at least 4 members (excludes halogenated alkanes) is 5. The Labute approximate surface area is 120 Å². The van der Waals surface area contributed by atoms with E-state index in [0.29, 0.717) is 12.1 Å². The van der Waals surface area contributed by atoms with Crippen LogP contribution in [0.1, 0.15) is 55.3 Å². The van der Waals surface area contributed by atoms with Crippen LogP contribution in [-0.4, -0.2) is 23.5 Å². The monoisotopic (exact) mass is 277 g/mol. The van der Waals surface area contributed by atoms with Crippen LogP contribution in [-0.2, 0) is 4.79 Å². The normalized spacial score (nSPS) is 10.2. The summed E-state index contributed by atoms with van der Waals surface area (Å²) in [4.78, 5) is 22.0. The number of carboxylic acid groups (broad SMARTS) is 1. The molecule has 0 aliphatic rings. The molecule has 0 unspecified atom stereocenters. The van der Waals surface area contributed by atoms with Crippen LogP contribution in [0.25, 0.3) is 0 Å². The van der Waals surface area contributed by atoms with Gasteiger partial charge in [0.05, 0.1) is 0 Å². The summed E-state index contributed by atoms with van der Waals surface area (Å²) in [7, 11) is 0. The summed E-state index contributed by atoms with van der Waals surface area (Å²) < 4.78 is 0. The number of amides is 1. The van der Waals surface area contributed by atoms with Gasteiger partial charge in [-0.15, -0.1) is 0 Å². The average molecular weight is 277 g/mol. The van der Waals surface area contributed by atoms with Crippen LogP contribution in [0.5, 0.6) is 0 Å². The van der Waals surface area contributed by atoms with Gasteiger partial charge in [-0.05, 0) is 25.0 Å². The summed E-state index contributed by atoms with van der Waals surface area (Å²) in [6.07, 6.45) is 6.22. The molecule has 0 fully saturated rings. The Morgan fingerprint density at radius 2 is 1.50 bits per heavy atom. The third-order valence-electron chi connectivity index (χ3n) is 3.14. The van der Waals surface area contributed by atoms with Gasteiger partial charge in [-0.3, -0.25) is 9.59 Å². The number of carboxylic acids is 1. The van der Waals surface area contributed by atoms with Gasteiger partial charge in [-0.25, -0.2) is 0 Å². The van der Waals surface area contributed by atoms with Crippen LogP contribution in [0.3, 0.4) is 0 Å². The van der Waals surface area contributed by atoms with Crippen molar-refractivity contribution in [3.05, 3.63) is 35.9 Å². The van der Waals surface area contributed by atoms with Crippen LogP contribution in [0.2, 0.25) is 0 Å². The van der Waals surface area contributed by atoms with Crippen molar-refractivity contribution in [1.82, 2.24) is 5.32 Å². The number of carbonyl (C=O) groups excluding carboxylic acids is 1. The molecular formula is C16H23NO3. The Morgan fingerprint density at radius 3 is 2.15 bits per heavy atom. The highest BCUT2D eigenvalue weighted by Gasteiger charge is 2.02. The number of rotatable bonds is 10. The van der Waals surface area contributed by atoms with Crippen LogP contribution in [0.15, 0.2) is 30.3 Å². The van der Waals surface area contributed by atoms with Gasteiger partial charge in [-0.2, -0.15) is 0 Å². The molecule has 1 rings (SSSR count). The fourth-order valence-corrected chi connectivity index (χ4v) is 2.00. The lowest BCUT2D eigenvalue weighted by molar-refractivity contribution is -0.137. The van der Waals surface area contributed by atoms with E-state index >= 15 is 0 Å². The fourth-order valence-electron chi connectivity index (χ4n) is 2.00. The predicted octanol–water partition coefficient (Wildman–Crippen LogP) is 3.23. The summed E-state index contributed by atoms with van der Waals surface area (Å²) in [6.45, 7) is 0.697. The lowest BCUT2D eigenvalue weighted by Crippen LogP contribution is -2.24. The fraction of sp³-hybridized carbons (Fsp3) is 0.500. The first kappa shape index (κ1) is 16.2. The van der Waals surface area contributed by atoms with E-state index in [4.69, 9.17) is 5.11 Å². The molecule has 1 aromatic carbocycles. The molecule has 0 spiro atoms. The van der Waals surface area contributed by atoms with Crippen molar-refractivity contribution in [2.24, 2.45) is 0 Å². The highest BCUT2D eigenvalue weighted by Crippen LogP contribution is 2.07. The number of hydrogen-bond donors (Lipinski definition) is 2. The molecule has 1 aromatic rings. The van der Waals surface area contributed by atoms with Gasteiger partial charge >= 0.3 is 5.97 Å². The summed E-state index contributed by atoms with van der Waals surface area (Å²) in [5.41, 5.74) is 0.696. The van der Waals surface area contributed by atoms with E-state index in [1.165, 1.54) is 0 Å². The van der Waals surface area contributed by atoms with Gasteiger partial charge in [0.25, 0.3) is 5.91 Å². The minimum absolute atomic E-state index is 0.0212. The average Bonchev–Trinajstić information content (AvgIpc) is 2.46. The maximum absolute atomic E-state index is 11.7. The Bertz CT molecular complexity index is 403. The highest BCUT2D eigenvalue weighted by atomic mass is 16.4. The molecule has 4 nitrogen and oxygen atoms in total. The largest absolute Gasteiger partial charge is 0.481 e. The van der Waals surface area contributed by atoms with Crippen molar-refractivity contribution in [2.75, 3.05) is 6.54 Å². The van der Waals surface area contributed by atoms with Crippen LogP contribution in [0, 0.1) is 0 Å². The quantitative estimate of drug-likeness (QED) is 0.645. The van der Waals surface area contributed by atoms with E-state index in [9.17, 15) is 9.59 Å². The topological polar surface area (TPSA) is 66.4 Å². The van der Waals surface area contributed by atoms with Gasteiger partial charge in [0.2, 0.25) is 0 Å². The Kier molecular flexibility index (Phi) is 8.11. The van der Waals surface area contributed by atoms with Gasteiger partial charge < -0.3 is 10.4 Å². The first-order valence-corrected chi connectivity index (χ1v) is 7.25. The maximum atomic E-state index is 11.7. The number of hydrogen-bond acceptors (Lipinski definition) is 2. The van der Waals surface area contributed by atoms with Crippen LogP contribution < -0.4 is 5.32 Å². The van der Waals surface area contributed by atoms with Crippen LogP contribution in [0.4, 0.5) is 0 Å². The molecule has 0 aliphatic heterocycles. The summed E-state index contributed by atoms with van der Waals surface area (Å²) in [6, 6.07) is 9.20. The van der Waals surface area contributed by atoms with E-state index in [-0.39, 0.29) is 12.3 Å². The number of nitrogens with one attached hydrogen (secondary N) is 1. The zero-order valence-corrected chi connectivity index (χ0v) is 11.8. The minimum atomic E-state index is -0.714. The smallest absolute Gasteiger partial charge is 0.303 e. The van der Waals surface area contributed by atoms with Crippen molar-refractivity contribution in [3.8, 4) is 0 Å². The summed E-state index contributed by atoms with van der Waals surface area (Å²) >= 11 is 0. The molecule has 110 valence electrons. The molecule has 20 heavy (non-hydrogen) atoms. The van der Waals surface area contributed by atoms with Gasteiger partial charge in [0.1, 0.15) is 0 Å². The maximum Gasteiger partial charge on any atom is 0.303 e. The lowest BCUT2D eigenvalue weighted by Gasteiger charge is -2.05. The molecule has 0 atom stereocenters. The van der Waals surface area contributed by atoms with Crippen molar-refractivity contribution in [3.63, 3.8) is 0 Å². The molecule has 0 saturated heterocycles. The number of benzene rings is 1. The first-order valence-electron chi connectivity index (χ1n) is 7.25. The van der Waals surface area contributed by atoms with Crippen molar-refractivity contribution in [2.45, 2.75) is 44.9 Å². The highest BCUT2D eigenvalue weighted by molar-refractivity contribution is 5.94. The zero-order valence-electron chi connectivity index (χ0n) is 11.8. The second-order valence-electron chi connectivity index (χ2n) is 4.89. The van der Waals surface area contributed by atoms with E-state index in [0.717, 1.165) is 38.5 Å². The number of aliphatic carboxylic acids is 1. The molecular weight excluding hydrogens is 254 g/mol. The summed E-state index contributed by atoms with van der Waals surface area (Å²) in [5.74, 6) is -0.735. The van der Waals surface area contributed by atoms with E-state index in [1.54, 1.807) is 12.1 Å². The second-order valence-corrected chi connectivity index (χ2v) is 4.89. The SMILES string of the molecule is O=C(O)CCCCCCCCNC(=O)c1ccccc1. The molecule has 0 aliphatic carbocycles. The van der Waals surface area contributed by atoms with E-state index in [2.05, 4.69) is 5.32 Å². The van der Waals surface area contributed by atoms with Crippen molar-refractivity contribution >= 4 is 11.9 Å². The van der Waals surface area contributed by atoms with E-state index in [1.807, 2.05) is 18.2 Å². The molecule has 0 heterocycles. The van der Waals surface area contributed by atoms with Gasteiger partial charge in [-0.1, -0.05) is 43.9 Å². The Balaban J connectivity index is 1.95.